The third-order valence-electron chi connectivity index (χ3n) is 3.75. The smallest absolute Gasteiger partial charge is 0.317 e. The number of nitrogens with one attached hydrogen (secondary N) is 1. The standard InChI is InChI=1S/C15H19F3N2O2/c1-9(11-5-12(16)14(18)13(17)6-11)19-15(21)20(2)7-10-3-4-22-8-10/h5-6,9-10H,3-4,7-8H2,1-2H3,(H,19,21)/t9-,10-/m1/s1. The van der Waals surface area contributed by atoms with Gasteiger partial charge in [0.05, 0.1) is 12.6 Å². The number of ether oxygens (including phenoxy) is 1. The van der Waals surface area contributed by atoms with Gasteiger partial charge >= 0.3 is 6.03 Å². The van der Waals surface area contributed by atoms with Gasteiger partial charge in [0.15, 0.2) is 17.5 Å². The lowest BCUT2D eigenvalue weighted by atomic mass is 10.1. The predicted molar refractivity (Wildman–Crippen MR) is 74.8 cm³/mol. The second-order valence-corrected chi connectivity index (χ2v) is 5.58. The van der Waals surface area contributed by atoms with Gasteiger partial charge in [-0.1, -0.05) is 0 Å². The summed E-state index contributed by atoms with van der Waals surface area (Å²) in [4.78, 5) is 13.6. The molecular formula is C15H19F3N2O2. The molecule has 122 valence electrons. The number of hydrogen-bond acceptors (Lipinski definition) is 2. The Hall–Kier alpha value is -1.76. The van der Waals surface area contributed by atoms with E-state index in [1.54, 1.807) is 14.0 Å². The highest BCUT2D eigenvalue weighted by Gasteiger charge is 2.22. The molecule has 1 fully saturated rings. The highest BCUT2D eigenvalue weighted by atomic mass is 19.2. The van der Waals surface area contributed by atoms with Gasteiger partial charge in [-0.2, -0.15) is 0 Å². The zero-order valence-corrected chi connectivity index (χ0v) is 12.5. The van der Waals surface area contributed by atoms with Gasteiger partial charge in [0, 0.05) is 26.1 Å². The number of carbonyl (C=O) groups excluding carboxylic acids is 1. The molecule has 0 saturated carbocycles. The Morgan fingerprint density at radius 2 is 2.05 bits per heavy atom. The van der Waals surface area contributed by atoms with Gasteiger partial charge in [-0.15, -0.1) is 0 Å². The maximum absolute atomic E-state index is 13.2. The van der Waals surface area contributed by atoms with Crippen molar-refractivity contribution in [3.05, 3.63) is 35.1 Å². The molecule has 4 nitrogen and oxygen atoms in total. The summed E-state index contributed by atoms with van der Waals surface area (Å²) in [6.07, 6.45) is 0.904. The third-order valence-corrected chi connectivity index (χ3v) is 3.75. The normalized spacial score (nSPS) is 19.0. The van der Waals surface area contributed by atoms with Crippen LogP contribution in [0.2, 0.25) is 0 Å². The average molecular weight is 316 g/mol. The highest BCUT2D eigenvalue weighted by Crippen LogP contribution is 2.19. The molecule has 1 N–H and O–H groups in total. The number of benzene rings is 1. The monoisotopic (exact) mass is 316 g/mol. The molecule has 0 bridgehead atoms. The molecule has 0 radical (unpaired) electrons. The van der Waals surface area contributed by atoms with Crippen LogP contribution in [0, 0.1) is 23.4 Å². The van der Waals surface area contributed by atoms with Gasteiger partial charge < -0.3 is 15.0 Å². The fraction of sp³-hybridized carbons (Fsp3) is 0.533. The van der Waals surface area contributed by atoms with E-state index in [2.05, 4.69) is 5.32 Å². The predicted octanol–water partition coefficient (Wildman–Crippen LogP) is 2.84. The Kier molecular flexibility index (Phi) is 5.28. The molecule has 1 heterocycles. The van der Waals surface area contributed by atoms with Gasteiger partial charge in [0.25, 0.3) is 0 Å². The van der Waals surface area contributed by atoms with E-state index in [-0.39, 0.29) is 11.6 Å². The molecule has 0 aromatic heterocycles. The van der Waals surface area contributed by atoms with Crippen LogP contribution in [0.15, 0.2) is 12.1 Å². The van der Waals surface area contributed by atoms with E-state index in [9.17, 15) is 18.0 Å². The molecule has 2 amide bonds. The first kappa shape index (κ1) is 16.6. The lowest BCUT2D eigenvalue weighted by molar-refractivity contribution is 0.170. The van der Waals surface area contributed by atoms with Crippen LogP contribution >= 0.6 is 0 Å². The first-order chi connectivity index (χ1) is 10.4. The lowest BCUT2D eigenvalue weighted by Crippen LogP contribution is -2.41. The van der Waals surface area contributed by atoms with E-state index in [0.29, 0.717) is 25.7 Å². The summed E-state index contributed by atoms with van der Waals surface area (Å²) >= 11 is 0. The van der Waals surface area contributed by atoms with Crippen molar-refractivity contribution in [2.24, 2.45) is 5.92 Å². The van der Waals surface area contributed by atoms with Crippen molar-refractivity contribution in [3.8, 4) is 0 Å². The van der Waals surface area contributed by atoms with Crippen LogP contribution in [0.5, 0.6) is 0 Å². The van der Waals surface area contributed by atoms with Crippen LogP contribution in [-0.4, -0.2) is 37.7 Å². The van der Waals surface area contributed by atoms with E-state index in [1.165, 1.54) is 4.90 Å². The summed E-state index contributed by atoms with van der Waals surface area (Å²) < 4.78 is 44.6. The molecule has 1 aromatic rings. The van der Waals surface area contributed by atoms with Crippen molar-refractivity contribution in [2.75, 3.05) is 26.8 Å². The van der Waals surface area contributed by atoms with Crippen molar-refractivity contribution >= 4 is 6.03 Å². The van der Waals surface area contributed by atoms with Gasteiger partial charge in [-0.25, -0.2) is 18.0 Å². The second kappa shape index (κ2) is 7.00. The Morgan fingerprint density at radius 1 is 1.41 bits per heavy atom. The van der Waals surface area contributed by atoms with Crippen LogP contribution in [0.4, 0.5) is 18.0 Å². The summed E-state index contributed by atoms with van der Waals surface area (Å²) in [6, 6.07) is 0.770. The third kappa shape index (κ3) is 3.91. The SMILES string of the molecule is C[C@@H](NC(=O)N(C)C[C@H]1CCOC1)c1cc(F)c(F)c(F)c1. The van der Waals surface area contributed by atoms with Gasteiger partial charge in [-0.05, 0) is 31.0 Å². The minimum absolute atomic E-state index is 0.169. The van der Waals surface area contributed by atoms with E-state index >= 15 is 0 Å². The fourth-order valence-electron chi connectivity index (χ4n) is 2.40. The van der Waals surface area contributed by atoms with Crippen LogP contribution in [-0.2, 0) is 4.74 Å². The summed E-state index contributed by atoms with van der Waals surface area (Å²) in [5.74, 6) is -3.76. The number of urea groups is 1. The molecular weight excluding hydrogens is 297 g/mol. The van der Waals surface area contributed by atoms with E-state index < -0.39 is 23.5 Å². The topological polar surface area (TPSA) is 41.6 Å². The van der Waals surface area contributed by atoms with Crippen molar-refractivity contribution in [2.45, 2.75) is 19.4 Å². The van der Waals surface area contributed by atoms with Crippen molar-refractivity contribution in [1.29, 1.82) is 0 Å². The summed E-state index contributed by atoms with van der Waals surface area (Å²) in [6.45, 7) is 3.45. The molecule has 0 spiro atoms. The van der Waals surface area contributed by atoms with Crippen molar-refractivity contribution in [3.63, 3.8) is 0 Å². The van der Waals surface area contributed by atoms with Crippen LogP contribution in [0.25, 0.3) is 0 Å². The number of hydrogen-bond donors (Lipinski definition) is 1. The van der Waals surface area contributed by atoms with Crippen molar-refractivity contribution in [1.82, 2.24) is 10.2 Å². The number of carbonyl (C=O) groups is 1. The minimum atomic E-state index is -1.51. The Morgan fingerprint density at radius 3 is 2.59 bits per heavy atom. The van der Waals surface area contributed by atoms with E-state index in [0.717, 1.165) is 18.6 Å². The van der Waals surface area contributed by atoms with E-state index in [4.69, 9.17) is 4.74 Å². The molecule has 0 unspecified atom stereocenters. The molecule has 1 aliphatic heterocycles. The number of rotatable bonds is 4. The zero-order chi connectivity index (χ0) is 16.3. The minimum Gasteiger partial charge on any atom is -0.381 e. The van der Waals surface area contributed by atoms with E-state index in [1.807, 2.05) is 0 Å². The number of amides is 2. The average Bonchev–Trinajstić information content (AvgIpc) is 2.96. The summed E-state index contributed by atoms with van der Waals surface area (Å²) in [5, 5.41) is 2.63. The molecule has 1 aliphatic rings. The van der Waals surface area contributed by atoms with Gasteiger partial charge in [-0.3, -0.25) is 0 Å². The Bertz CT molecular complexity index is 525. The molecule has 7 heteroatoms. The maximum Gasteiger partial charge on any atom is 0.317 e. The molecule has 2 atom stereocenters. The second-order valence-electron chi connectivity index (χ2n) is 5.58. The molecule has 0 aliphatic carbocycles. The van der Waals surface area contributed by atoms with Crippen LogP contribution in [0.3, 0.4) is 0 Å². The fourth-order valence-corrected chi connectivity index (χ4v) is 2.40. The van der Waals surface area contributed by atoms with Crippen LogP contribution < -0.4 is 5.32 Å². The summed E-state index contributed by atoms with van der Waals surface area (Å²) in [5.41, 5.74) is 0.169. The lowest BCUT2D eigenvalue weighted by Gasteiger charge is -2.23. The molecule has 2 rings (SSSR count). The maximum atomic E-state index is 13.2. The van der Waals surface area contributed by atoms with Crippen molar-refractivity contribution < 1.29 is 22.7 Å². The largest absolute Gasteiger partial charge is 0.381 e. The van der Waals surface area contributed by atoms with Crippen LogP contribution in [0.1, 0.15) is 24.9 Å². The number of halogens is 3. The molecule has 1 saturated heterocycles. The van der Waals surface area contributed by atoms with Gasteiger partial charge in [0.1, 0.15) is 0 Å². The quantitative estimate of drug-likeness (QED) is 0.868. The zero-order valence-electron chi connectivity index (χ0n) is 12.5. The first-order valence-corrected chi connectivity index (χ1v) is 7.12. The Balaban J connectivity index is 1.95. The highest BCUT2D eigenvalue weighted by molar-refractivity contribution is 5.74. The first-order valence-electron chi connectivity index (χ1n) is 7.12. The number of nitrogens with zero attached hydrogens (tertiary/aromatic N) is 1. The molecule has 22 heavy (non-hydrogen) atoms. The summed E-state index contributed by atoms with van der Waals surface area (Å²) in [7, 11) is 1.65. The van der Waals surface area contributed by atoms with Gasteiger partial charge in [0.2, 0.25) is 0 Å². The molecule has 1 aromatic carbocycles. The Labute approximate surface area is 127 Å².